The second-order valence-electron chi connectivity index (χ2n) is 21.0. The van der Waals surface area contributed by atoms with Crippen molar-refractivity contribution in [3.8, 4) is 0 Å². The van der Waals surface area contributed by atoms with E-state index in [1.165, 1.54) is 19.4 Å². The summed E-state index contributed by atoms with van der Waals surface area (Å²) in [6.07, 6.45) is 10.3. The van der Waals surface area contributed by atoms with Crippen molar-refractivity contribution in [3.63, 3.8) is 0 Å². The maximum Gasteiger partial charge on any atom is 0.326 e. The normalized spacial score (nSPS) is 15.2. The number of nitrogens with one attached hydrogen (secondary N) is 9. The zero-order chi connectivity index (χ0) is 61.1. The van der Waals surface area contributed by atoms with Crippen molar-refractivity contribution in [2.75, 3.05) is 26.2 Å². The van der Waals surface area contributed by atoms with Gasteiger partial charge < -0.3 is 92.8 Å². The molecule has 1 fully saturated rings. The molecule has 24 N–H and O–H groups in total. The lowest BCUT2D eigenvalue weighted by atomic mass is 9.84. The fraction of sp³-hybridized carbons (Fsp3) is 0.712. The lowest BCUT2D eigenvalue weighted by Gasteiger charge is -2.30. The summed E-state index contributed by atoms with van der Waals surface area (Å²) in [5.74, 6) is -8.07. The second-order valence-corrected chi connectivity index (χ2v) is 21.0. The number of aliphatic imine (C=N–C) groups is 3. The summed E-state index contributed by atoms with van der Waals surface area (Å²) in [5.41, 5.74) is 39.1. The molecule has 1 heterocycles. The van der Waals surface area contributed by atoms with Crippen molar-refractivity contribution < 1.29 is 48.3 Å². The first kappa shape index (κ1) is 70.3. The number of unbranched alkanes of at least 4 members (excludes halogenated alkanes) is 2. The van der Waals surface area contributed by atoms with Gasteiger partial charge in [0.05, 0.1) is 6.33 Å². The molecule has 0 bridgehead atoms. The van der Waals surface area contributed by atoms with Gasteiger partial charge in [-0.15, -0.1) is 0 Å². The van der Waals surface area contributed by atoms with Crippen molar-refractivity contribution in [1.29, 1.82) is 0 Å². The number of H-pyrrole nitrogens is 1. The highest BCUT2D eigenvalue weighted by Gasteiger charge is 2.36. The number of aromatic amines is 1. The minimum Gasteiger partial charge on any atom is -0.480 e. The van der Waals surface area contributed by atoms with Gasteiger partial charge in [0.2, 0.25) is 47.3 Å². The van der Waals surface area contributed by atoms with Gasteiger partial charge in [0.15, 0.2) is 17.9 Å². The number of aliphatic carboxylic acids is 1. The van der Waals surface area contributed by atoms with Gasteiger partial charge >= 0.3 is 5.97 Å². The predicted octanol–water partition coefficient (Wildman–Crippen LogP) is -2.96. The van der Waals surface area contributed by atoms with E-state index < -0.39 is 107 Å². The van der Waals surface area contributed by atoms with Gasteiger partial charge in [-0.25, -0.2) is 9.78 Å². The molecule has 82 heavy (non-hydrogen) atoms. The molecule has 0 aromatic carbocycles. The van der Waals surface area contributed by atoms with Crippen LogP contribution in [0.15, 0.2) is 27.5 Å². The Morgan fingerprint density at radius 1 is 0.561 bits per heavy atom. The van der Waals surface area contributed by atoms with Crippen LogP contribution >= 0.6 is 0 Å². The van der Waals surface area contributed by atoms with Gasteiger partial charge in [-0.1, -0.05) is 65.7 Å². The Morgan fingerprint density at radius 2 is 0.976 bits per heavy atom. The molecule has 1 aliphatic rings. The standard InChI is InChI=1S/C52H94N20O10/c1-5-6-17-35(45(77)72-41(30(2)3)48(80)71-39(26-32-15-8-7-9-16-32)46(78)69-38(49(81)82)21-14-25-63-52(58)59)66-43(75)36(19-12-23-61-50(54)55)68-47(79)40(27-33-28-60-29-64-33)70-44(76)37(20-13-24-62-51(56)57)67-42(74)34(65-31(4)73)18-10-11-22-53/h28-30,32,34-41H,5-27,53H2,1-4H3,(H,60,64)(H,65,73)(H,66,75)(H,67,74)(H,68,79)(H,69,78)(H,70,76)(H,71,80)(H,72,77)(H,81,82)(H4,54,55,61)(H4,56,57,62)(H4,58,59,63)/t34-,35-,36-,37-,38-,39?,40-,41-/m0/s1. The topological polar surface area (TPSA) is 518 Å². The molecule has 8 amide bonds. The third-order valence-corrected chi connectivity index (χ3v) is 13.6. The SMILES string of the molecule is CCCC[C@H](NC(=O)[C@H](CCCN=C(N)N)NC(=O)[C@H](Cc1cnc[nH]1)NC(=O)[C@H](CCCN=C(N)N)NC(=O)[C@H](CCCCN)NC(C)=O)C(=O)N[C@H](C(=O)NC(CC1CCCCC1)C(=O)N[C@@H](CCCN=C(N)N)C(=O)O)C(C)C. The number of carbonyl (C=O) groups is 9. The van der Waals surface area contributed by atoms with E-state index in [-0.39, 0.29) is 108 Å². The number of carboxylic acid groups (broad SMARTS) is 1. The van der Waals surface area contributed by atoms with E-state index in [1.807, 2.05) is 6.92 Å². The summed E-state index contributed by atoms with van der Waals surface area (Å²) in [4.78, 5) is 143. The molecular weight excluding hydrogens is 1060 g/mol. The highest BCUT2D eigenvalue weighted by Crippen LogP contribution is 2.28. The first-order chi connectivity index (χ1) is 38.9. The van der Waals surface area contributed by atoms with Gasteiger partial charge in [-0.05, 0) is 89.0 Å². The molecule has 1 aliphatic carbocycles. The minimum absolute atomic E-state index is 0.00568. The highest BCUT2D eigenvalue weighted by atomic mass is 16.4. The van der Waals surface area contributed by atoms with Crippen LogP contribution in [0.2, 0.25) is 0 Å². The van der Waals surface area contributed by atoms with Crippen molar-refractivity contribution in [3.05, 3.63) is 18.2 Å². The van der Waals surface area contributed by atoms with Crippen LogP contribution in [0.1, 0.15) is 149 Å². The van der Waals surface area contributed by atoms with E-state index in [0.717, 1.165) is 32.1 Å². The lowest BCUT2D eigenvalue weighted by molar-refractivity contribution is -0.142. The Morgan fingerprint density at radius 3 is 1.41 bits per heavy atom. The molecule has 1 unspecified atom stereocenters. The van der Waals surface area contributed by atoms with Crippen molar-refractivity contribution in [1.82, 2.24) is 52.5 Å². The molecule has 1 aromatic heterocycles. The van der Waals surface area contributed by atoms with Gasteiger partial charge in [-0.3, -0.25) is 53.3 Å². The highest BCUT2D eigenvalue weighted by molar-refractivity contribution is 5.98. The van der Waals surface area contributed by atoms with E-state index in [9.17, 15) is 48.3 Å². The maximum absolute atomic E-state index is 14.5. The summed E-state index contributed by atoms with van der Waals surface area (Å²) in [7, 11) is 0. The van der Waals surface area contributed by atoms with Gasteiger partial charge in [0.1, 0.15) is 48.3 Å². The van der Waals surface area contributed by atoms with Crippen molar-refractivity contribution in [2.24, 2.45) is 66.9 Å². The monoisotopic (exact) mass is 1160 g/mol. The molecule has 0 spiro atoms. The summed E-state index contributed by atoms with van der Waals surface area (Å²) in [6, 6.07) is -10.0. The van der Waals surface area contributed by atoms with Crippen molar-refractivity contribution in [2.45, 2.75) is 198 Å². The number of rotatable bonds is 40. The Bertz CT molecular complexity index is 2260. The Labute approximate surface area is 479 Å². The maximum atomic E-state index is 14.5. The fourth-order valence-electron chi connectivity index (χ4n) is 9.21. The molecule has 1 aromatic rings. The second kappa shape index (κ2) is 38.8. The predicted molar refractivity (Wildman–Crippen MR) is 309 cm³/mol. The number of nitrogens with two attached hydrogens (primary N) is 7. The van der Waals surface area contributed by atoms with E-state index in [0.29, 0.717) is 37.9 Å². The molecule has 30 heteroatoms. The summed E-state index contributed by atoms with van der Waals surface area (Å²) in [6.45, 7) is 7.14. The van der Waals surface area contributed by atoms with Crippen LogP contribution in [-0.2, 0) is 49.6 Å². The van der Waals surface area contributed by atoms with E-state index >= 15 is 0 Å². The number of carbonyl (C=O) groups excluding carboxylic acids is 8. The zero-order valence-electron chi connectivity index (χ0n) is 48.1. The Kier molecular flexibility index (Phi) is 33.3. The molecule has 462 valence electrons. The average molecular weight is 1160 g/mol. The average Bonchev–Trinajstić information content (AvgIpc) is 3.95. The number of amides is 8. The molecule has 0 aliphatic heterocycles. The number of carboxylic acids is 1. The van der Waals surface area contributed by atoms with E-state index in [1.54, 1.807) is 13.8 Å². The smallest absolute Gasteiger partial charge is 0.326 e. The zero-order valence-corrected chi connectivity index (χ0v) is 48.1. The number of hydrogen-bond donors (Lipinski definition) is 17. The molecule has 2 rings (SSSR count). The third-order valence-electron chi connectivity index (χ3n) is 13.6. The molecule has 0 radical (unpaired) electrons. The van der Waals surface area contributed by atoms with E-state index in [2.05, 4.69) is 67.5 Å². The van der Waals surface area contributed by atoms with E-state index in [4.69, 9.17) is 40.1 Å². The van der Waals surface area contributed by atoms with Gasteiger partial charge in [-0.2, -0.15) is 0 Å². The number of aromatic nitrogens is 2. The van der Waals surface area contributed by atoms with Gasteiger partial charge in [0.25, 0.3) is 0 Å². The Hall–Kier alpha value is -7.79. The quantitative estimate of drug-likeness (QED) is 0.0177. The first-order valence-corrected chi connectivity index (χ1v) is 28.4. The molecule has 0 saturated heterocycles. The molecule has 8 atom stereocenters. The van der Waals surface area contributed by atoms with Crippen LogP contribution in [0.5, 0.6) is 0 Å². The van der Waals surface area contributed by atoms with Gasteiger partial charge in [0, 0.05) is 44.9 Å². The van der Waals surface area contributed by atoms with Crippen LogP contribution in [0.4, 0.5) is 0 Å². The number of nitrogens with zero attached hydrogens (tertiary/aromatic N) is 4. The molecular formula is C52H94N20O10. The summed E-state index contributed by atoms with van der Waals surface area (Å²) < 4.78 is 0. The Balaban J connectivity index is 2.50. The molecule has 30 nitrogen and oxygen atoms in total. The lowest BCUT2D eigenvalue weighted by Crippen LogP contribution is -2.61. The van der Waals surface area contributed by atoms with Crippen LogP contribution < -0.4 is 82.7 Å². The third kappa shape index (κ3) is 28.6. The largest absolute Gasteiger partial charge is 0.480 e. The van der Waals surface area contributed by atoms with Crippen LogP contribution in [0.25, 0.3) is 0 Å². The van der Waals surface area contributed by atoms with Crippen LogP contribution in [0.3, 0.4) is 0 Å². The number of guanidine groups is 3. The molecule has 1 saturated carbocycles. The minimum atomic E-state index is -1.41. The summed E-state index contributed by atoms with van der Waals surface area (Å²) in [5, 5.41) is 31.7. The van der Waals surface area contributed by atoms with Crippen LogP contribution in [-0.4, -0.2) is 161 Å². The van der Waals surface area contributed by atoms with Crippen molar-refractivity contribution >= 4 is 71.1 Å². The number of imidazole rings is 1. The number of hydrogen-bond acceptors (Lipinski definition) is 14. The summed E-state index contributed by atoms with van der Waals surface area (Å²) >= 11 is 0. The first-order valence-electron chi connectivity index (χ1n) is 28.4. The fourth-order valence-corrected chi connectivity index (χ4v) is 9.21. The van der Waals surface area contributed by atoms with Crippen LogP contribution in [0, 0.1) is 11.8 Å².